The largest absolute Gasteiger partial charge is 0.464 e. The van der Waals surface area contributed by atoms with E-state index in [-0.39, 0.29) is 11.8 Å². The van der Waals surface area contributed by atoms with Crippen molar-refractivity contribution in [3.63, 3.8) is 0 Å². The van der Waals surface area contributed by atoms with Crippen LogP contribution in [0.25, 0.3) is 11.3 Å². The second-order valence-corrected chi connectivity index (χ2v) is 5.19. The van der Waals surface area contributed by atoms with E-state index in [4.69, 9.17) is 14.3 Å². The Hall–Kier alpha value is -2.80. The van der Waals surface area contributed by atoms with Crippen molar-refractivity contribution in [1.82, 2.24) is 9.97 Å². The maximum atomic E-state index is 12.0. The van der Waals surface area contributed by atoms with E-state index < -0.39 is 5.97 Å². The van der Waals surface area contributed by atoms with Crippen molar-refractivity contribution < 1.29 is 19.1 Å². The van der Waals surface area contributed by atoms with Gasteiger partial charge in [-0.25, -0.2) is 4.79 Å². The van der Waals surface area contributed by atoms with E-state index in [9.17, 15) is 4.79 Å². The van der Waals surface area contributed by atoms with Gasteiger partial charge in [0.2, 0.25) is 0 Å². The fourth-order valence-corrected chi connectivity index (χ4v) is 2.27. The quantitative estimate of drug-likeness (QED) is 0.473. The first-order valence-electron chi connectivity index (χ1n) is 7.54. The number of esters is 1. The summed E-state index contributed by atoms with van der Waals surface area (Å²) in [6.07, 6.45) is 5.53. The zero-order valence-corrected chi connectivity index (χ0v) is 13.2. The van der Waals surface area contributed by atoms with Gasteiger partial charge in [-0.15, -0.1) is 0 Å². The molecule has 1 fully saturated rings. The number of oxime groups is 1. The van der Waals surface area contributed by atoms with E-state index >= 15 is 0 Å². The topological polar surface area (TPSA) is 82.9 Å². The zero-order valence-electron chi connectivity index (χ0n) is 13.2. The molecule has 0 unspecified atom stereocenters. The van der Waals surface area contributed by atoms with Gasteiger partial charge >= 0.3 is 5.97 Å². The number of benzene rings is 1. The van der Waals surface area contributed by atoms with Crippen LogP contribution in [-0.2, 0) is 19.1 Å². The van der Waals surface area contributed by atoms with Gasteiger partial charge in [0.15, 0.2) is 11.8 Å². The number of methoxy groups -OCH3 is 1. The van der Waals surface area contributed by atoms with Crippen LogP contribution in [0, 0.1) is 0 Å². The van der Waals surface area contributed by atoms with E-state index in [1.165, 1.54) is 7.11 Å². The summed E-state index contributed by atoms with van der Waals surface area (Å²) in [5, 5.41) is 3.98. The number of hydrogen-bond acceptors (Lipinski definition) is 7. The number of nitrogens with zero attached hydrogens (tertiary/aromatic N) is 3. The molecule has 2 heterocycles. The molecule has 0 N–H and O–H groups in total. The van der Waals surface area contributed by atoms with Gasteiger partial charge in [0.25, 0.3) is 0 Å². The van der Waals surface area contributed by atoms with Crippen LogP contribution >= 0.6 is 0 Å². The van der Waals surface area contributed by atoms with Crippen LogP contribution in [-0.4, -0.2) is 48.1 Å². The minimum Gasteiger partial charge on any atom is -0.464 e. The number of ether oxygens (including phenoxy) is 2. The highest BCUT2D eigenvalue weighted by Crippen LogP contribution is 2.17. The summed E-state index contributed by atoms with van der Waals surface area (Å²) in [6, 6.07) is 7.23. The third-order valence-electron chi connectivity index (χ3n) is 3.58. The van der Waals surface area contributed by atoms with Crippen molar-refractivity contribution >= 4 is 11.7 Å². The fraction of sp³-hybridized carbons (Fsp3) is 0.294. The Morgan fingerprint density at radius 1 is 1.29 bits per heavy atom. The lowest BCUT2D eigenvalue weighted by molar-refractivity contribution is -0.132. The zero-order chi connectivity index (χ0) is 16.8. The molecule has 24 heavy (non-hydrogen) atoms. The number of aromatic nitrogens is 2. The Bertz CT molecular complexity index is 710. The predicted molar refractivity (Wildman–Crippen MR) is 86.3 cm³/mol. The molecule has 1 aromatic carbocycles. The van der Waals surface area contributed by atoms with Crippen molar-refractivity contribution in [3.05, 3.63) is 48.4 Å². The normalized spacial score (nSPS) is 17.5. The maximum Gasteiger partial charge on any atom is 0.360 e. The van der Waals surface area contributed by atoms with Gasteiger partial charge in [0, 0.05) is 29.9 Å². The summed E-state index contributed by atoms with van der Waals surface area (Å²) < 4.78 is 10.0. The fourth-order valence-electron chi connectivity index (χ4n) is 2.27. The maximum absolute atomic E-state index is 12.0. The molecule has 7 nitrogen and oxygen atoms in total. The average molecular weight is 327 g/mol. The Morgan fingerprint density at radius 2 is 2.12 bits per heavy atom. The van der Waals surface area contributed by atoms with Crippen molar-refractivity contribution in [1.29, 1.82) is 0 Å². The highest BCUT2D eigenvalue weighted by atomic mass is 16.7. The van der Waals surface area contributed by atoms with Gasteiger partial charge in [-0.1, -0.05) is 29.4 Å². The second-order valence-electron chi connectivity index (χ2n) is 5.19. The molecular weight excluding hydrogens is 310 g/mol. The van der Waals surface area contributed by atoms with Crippen molar-refractivity contribution in [2.24, 2.45) is 5.16 Å². The van der Waals surface area contributed by atoms with Crippen LogP contribution in [0.15, 0.2) is 48.0 Å². The summed E-state index contributed by atoms with van der Waals surface area (Å²) in [5.41, 5.74) is 2.37. The van der Waals surface area contributed by atoms with E-state index in [0.29, 0.717) is 18.8 Å². The third kappa shape index (κ3) is 3.75. The molecule has 0 bridgehead atoms. The molecule has 2 aromatic rings. The van der Waals surface area contributed by atoms with Crippen molar-refractivity contribution in [2.45, 2.75) is 12.5 Å². The first-order chi connectivity index (χ1) is 11.8. The van der Waals surface area contributed by atoms with Gasteiger partial charge in [0.1, 0.15) is 0 Å². The molecule has 0 spiro atoms. The van der Waals surface area contributed by atoms with Crippen LogP contribution in [0.5, 0.6) is 0 Å². The molecule has 1 aliphatic rings. The van der Waals surface area contributed by atoms with Crippen LogP contribution in [0.2, 0.25) is 0 Å². The summed E-state index contributed by atoms with van der Waals surface area (Å²) in [5.74, 6) is -0.554. The monoisotopic (exact) mass is 327 g/mol. The Labute approximate surface area is 139 Å². The minimum absolute atomic E-state index is 0.120. The van der Waals surface area contributed by atoms with Gasteiger partial charge in [0.05, 0.1) is 32.2 Å². The minimum atomic E-state index is -0.554. The van der Waals surface area contributed by atoms with E-state index in [1.54, 1.807) is 30.7 Å². The first kappa shape index (κ1) is 16.1. The summed E-state index contributed by atoms with van der Waals surface area (Å²) in [7, 11) is 1.31. The molecule has 1 aromatic heterocycles. The molecule has 0 radical (unpaired) electrons. The van der Waals surface area contributed by atoms with Crippen LogP contribution in [0.3, 0.4) is 0 Å². The molecule has 1 atom stereocenters. The van der Waals surface area contributed by atoms with Gasteiger partial charge < -0.3 is 14.3 Å². The standard InChI is InChI=1S/C17H17N3O4/c1-22-17(21)16(20-24-14-6-9-23-11-14)13-4-2-12(3-5-13)15-10-18-7-8-19-15/h2-5,7-8,10,14H,6,9,11H2,1H3/t14-/m1/s1. The molecule has 0 aliphatic carbocycles. The Morgan fingerprint density at radius 3 is 2.75 bits per heavy atom. The predicted octanol–water partition coefficient (Wildman–Crippen LogP) is 1.83. The van der Waals surface area contributed by atoms with E-state index in [1.807, 2.05) is 12.1 Å². The summed E-state index contributed by atoms with van der Waals surface area (Å²) in [6.45, 7) is 1.12. The molecule has 1 aliphatic heterocycles. The third-order valence-corrected chi connectivity index (χ3v) is 3.58. The Kier molecular flexibility index (Phi) is 5.12. The molecule has 0 amide bonds. The molecule has 0 saturated carbocycles. The lowest BCUT2D eigenvalue weighted by Gasteiger charge is -2.09. The van der Waals surface area contributed by atoms with Crippen molar-refractivity contribution in [2.75, 3.05) is 20.3 Å². The Balaban J connectivity index is 1.82. The summed E-state index contributed by atoms with van der Waals surface area (Å²) >= 11 is 0. The number of carbonyl (C=O) groups is 1. The van der Waals surface area contributed by atoms with E-state index in [0.717, 1.165) is 17.7 Å². The average Bonchev–Trinajstić information content (AvgIpc) is 3.16. The van der Waals surface area contributed by atoms with Gasteiger partial charge in [-0.3, -0.25) is 9.97 Å². The molecule has 3 rings (SSSR count). The van der Waals surface area contributed by atoms with E-state index in [2.05, 4.69) is 15.1 Å². The van der Waals surface area contributed by atoms with Crippen LogP contribution in [0.1, 0.15) is 12.0 Å². The van der Waals surface area contributed by atoms with Crippen LogP contribution < -0.4 is 0 Å². The van der Waals surface area contributed by atoms with Gasteiger partial charge in [-0.05, 0) is 0 Å². The number of rotatable bonds is 5. The molecule has 7 heteroatoms. The smallest absolute Gasteiger partial charge is 0.360 e. The number of carbonyl (C=O) groups excluding carboxylic acids is 1. The first-order valence-corrected chi connectivity index (χ1v) is 7.54. The van der Waals surface area contributed by atoms with Crippen molar-refractivity contribution in [3.8, 4) is 11.3 Å². The lowest BCUT2D eigenvalue weighted by atomic mass is 10.1. The lowest BCUT2D eigenvalue weighted by Crippen LogP contribution is -2.19. The highest BCUT2D eigenvalue weighted by Gasteiger charge is 2.20. The molecule has 1 saturated heterocycles. The van der Waals surface area contributed by atoms with Gasteiger partial charge in [-0.2, -0.15) is 0 Å². The summed E-state index contributed by atoms with van der Waals surface area (Å²) in [4.78, 5) is 25.7. The van der Waals surface area contributed by atoms with Crippen LogP contribution in [0.4, 0.5) is 0 Å². The molecular formula is C17H17N3O4. The number of hydrogen-bond donors (Lipinski definition) is 0. The highest BCUT2D eigenvalue weighted by molar-refractivity contribution is 6.43. The SMILES string of the molecule is COC(=O)C(=NO[C@@H]1CCOC1)c1ccc(-c2cnccn2)cc1. The second kappa shape index (κ2) is 7.65. The molecule has 124 valence electrons.